The van der Waals surface area contributed by atoms with E-state index in [1.165, 1.54) is 0 Å². The zero-order valence-electron chi connectivity index (χ0n) is 16.8. The molecule has 2 heterocycles. The Balaban J connectivity index is 1.56. The molecule has 0 saturated carbocycles. The van der Waals surface area contributed by atoms with Crippen LogP contribution in [0.1, 0.15) is 15.9 Å². The highest BCUT2D eigenvalue weighted by atomic mass is 16.5. The van der Waals surface area contributed by atoms with Crippen molar-refractivity contribution in [1.29, 1.82) is 0 Å². The average Bonchev–Trinajstić information content (AvgIpc) is 3.17. The Labute approximate surface area is 175 Å². The maximum absolute atomic E-state index is 13.6. The molecule has 5 rings (SSSR count). The molecular weight excluding hydrogens is 376 g/mol. The fourth-order valence-electron chi connectivity index (χ4n) is 4.33. The second-order valence-corrected chi connectivity index (χ2v) is 7.72. The Bertz CT molecular complexity index is 1220. The smallest absolute Gasteiger partial charge is 0.195 e. The van der Waals surface area contributed by atoms with E-state index in [-0.39, 0.29) is 11.5 Å². The molecule has 1 N–H and O–H groups in total. The van der Waals surface area contributed by atoms with Crippen LogP contribution in [0.2, 0.25) is 0 Å². The van der Waals surface area contributed by atoms with Gasteiger partial charge in [-0.25, -0.2) is 0 Å². The van der Waals surface area contributed by atoms with Crippen molar-refractivity contribution in [1.82, 2.24) is 9.47 Å². The number of morpholine rings is 1. The maximum atomic E-state index is 13.6. The SMILES string of the molecule is O=C(c1cccc2ccccc12)c1cn(CCN2CCOCC2)c2cccc(O)c12. The summed E-state index contributed by atoms with van der Waals surface area (Å²) in [5.74, 6) is 0.0737. The minimum absolute atomic E-state index is 0.0663. The summed E-state index contributed by atoms with van der Waals surface area (Å²) < 4.78 is 7.52. The summed E-state index contributed by atoms with van der Waals surface area (Å²) in [5, 5.41) is 13.2. The van der Waals surface area contributed by atoms with E-state index >= 15 is 0 Å². The molecule has 1 fully saturated rings. The molecule has 4 aromatic rings. The second-order valence-electron chi connectivity index (χ2n) is 7.72. The largest absolute Gasteiger partial charge is 0.507 e. The van der Waals surface area contributed by atoms with Crippen LogP contribution in [0.4, 0.5) is 0 Å². The zero-order valence-corrected chi connectivity index (χ0v) is 16.8. The summed E-state index contributed by atoms with van der Waals surface area (Å²) in [7, 11) is 0. The Hall–Kier alpha value is -3.15. The third kappa shape index (κ3) is 3.36. The van der Waals surface area contributed by atoms with E-state index in [0.717, 1.165) is 55.7 Å². The van der Waals surface area contributed by atoms with Gasteiger partial charge in [0.25, 0.3) is 0 Å². The Morgan fingerprint density at radius 3 is 2.53 bits per heavy atom. The van der Waals surface area contributed by atoms with Gasteiger partial charge in [-0.05, 0) is 22.9 Å². The molecule has 5 heteroatoms. The normalized spacial score (nSPS) is 15.1. The maximum Gasteiger partial charge on any atom is 0.195 e. The van der Waals surface area contributed by atoms with Gasteiger partial charge in [-0.2, -0.15) is 0 Å². The molecule has 1 aromatic heterocycles. The number of nitrogens with zero attached hydrogens (tertiary/aromatic N) is 2. The lowest BCUT2D eigenvalue weighted by molar-refractivity contribution is 0.0365. The summed E-state index contributed by atoms with van der Waals surface area (Å²) in [5.41, 5.74) is 2.08. The molecule has 0 aliphatic carbocycles. The number of hydrogen-bond acceptors (Lipinski definition) is 4. The topological polar surface area (TPSA) is 54.7 Å². The fraction of sp³-hybridized carbons (Fsp3) is 0.240. The molecule has 0 bridgehead atoms. The summed E-state index contributed by atoms with van der Waals surface area (Å²) >= 11 is 0. The van der Waals surface area contributed by atoms with Crippen molar-refractivity contribution in [3.8, 4) is 5.75 Å². The lowest BCUT2D eigenvalue weighted by atomic mass is 9.97. The van der Waals surface area contributed by atoms with Gasteiger partial charge in [0.1, 0.15) is 5.75 Å². The summed E-state index contributed by atoms with van der Waals surface area (Å²) in [4.78, 5) is 16.0. The number of fused-ring (bicyclic) bond motifs is 2. The number of carbonyl (C=O) groups is 1. The standard InChI is InChI=1S/C25H24N2O3/c28-23-10-4-9-22-24(23)21(17-27(22)12-11-26-13-15-30-16-14-26)25(29)20-8-3-6-18-5-1-2-7-19(18)20/h1-10,17,28H,11-16H2. The highest BCUT2D eigenvalue weighted by molar-refractivity contribution is 6.22. The van der Waals surface area contributed by atoms with Gasteiger partial charge in [-0.15, -0.1) is 0 Å². The first-order valence-electron chi connectivity index (χ1n) is 10.4. The van der Waals surface area contributed by atoms with Gasteiger partial charge in [0.15, 0.2) is 5.78 Å². The third-order valence-electron chi connectivity index (χ3n) is 5.92. The van der Waals surface area contributed by atoms with Crippen LogP contribution in [-0.2, 0) is 11.3 Å². The molecule has 0 amide bonds. The number of phenolic OH excluding ortho intramolecular Hbond substituents is 1. The Kier molecular flexibility index (Phi) is 4.99. The van der Waals surface area contributed by atoms with Crippen molar-refractivity contribution < 1.29 is 14.6 Å². The summed E-state index contributed by atoms with van der Waals surface area (Å²) in [6.45, 7) is 5.00. The number of ketones is 1. The van der Waals surface area contributed by atoms with Gasteiger partial charge in [0.2, 0.25) is 0 Å². The molecule has 0 unspecified atom stereocenters. The van der Waals surface area contributed by atoms with Crippen molar-refractivity contribution >= 4 is 27.5 Å². The lowest BCUT2D eigenvalue weighted by Gasteiger charge is -2.26. The monoisotopic (exact) mass is 400 g/mol. The number of aromatic hydroxyl groups is 1. The van der Waals surface area contributed by atoms with Crippen LogP contribution in [0.25, 0.3) is 21.7 Å². The lowest BCUT2D eigenvalue weighted by Crippen LogP contribution is -2.38. The molecule has 5 nitrogen and oxygen atoms in total. The highest BCUT2D eigenvalue weighted by Crippen LogP contribution is 2.32. The molecule has 152 valence electrons. The molecule has 0 spiro atoms. The molecule has 0 atom stereocenters. The fourth-order valence-corrected chi connectivity index (χ4v) is 4.33. The number of ether oxygens (including phenoxy) is 1. The van der Waals surface area contributed by atoms with Gasteiger partial charge in [-0.1, -0.05) is 48.5 Å². The van der Waals surface area contributed by atoms with Gasteiger partial charge in [-0.3, -0.25) is 9.69 Å². The van der Waals surface area contributed by atoms with Crippen LogP contribution in [0, 0.1) is 0 Å². The number of hydrogen-bond donors (Lipinski definition) is 1. The van der Waals surface area contributed by atoms with Crippen LogP contribution in [0.15, 0.2) is 66.9 Å². The Morgan fingerprint density at radius 1 is 0.900 bits per heavy atom. The third-order valence-corrected chi connectivity index (χ3v) is 5.92. The first kappa shape index (κ1) is 18.9. The van der Waals surface area contributed by atoms with E-state index in [9.17, 15) is 9.90 Å². The Morgan fingerprint density at radius 2 is 1.67 bits per heavy atom. The highest BCUT2D eigenvalue weighted by Gasteiger charge is 2.21. The van der Waals surface area contributed by atoms with E-state index in [0.29, 0.717) is 16.5 Å². The van der Waals surface area contributed by atoms with E-state index in [1.54, 1.807) is 6.07 Å². The van der Waals surface area contributed by atoms with Crippen molar-refractivity contribution in [2.24, 2.45) is 0 Å². The van der Waals surface area contributed by atoms with Crippen molar-refractivity contribution in [2.45, 2.75) is 6.54 Å². The van der Waals surface area contributed by atoms with Gasteiger partial charge < -0.3 is 14.4 Å². The molecular formula is C25H24N2O3. The summed E-state index contributed by atoms with van der Waals surface area (Å²) in [6.07, 6.45) is 1.90. The van der Waals surface area contributed by atoms with E-state index < -0.39 is 0 Å². The number of aromatic nitrogens is 1. The van der Waals surface area contributed by atoms with Crippen LogP contribution < -0.4 is 0 Å². The number of rotatable bonds is 5. The predicted octanol–water partition coefficient (Wildman–Crippen LogP) is 4.06. The van der Waals surface area contributed by atoms with Gasteiger partial charge in [0, 0.05) is 37.9 Å². The quantitative estimate of drug-likeness (QED) is 0.513. The minimum Gasteiger partial charge on any atom is -0.507 e. The predicted molar refractivity (Wildman–Crippen MR) is 118 cm³/mol. The van der Waals surface area contributed by atoms with E-state index in [4.69, 9.17) is 4.74 Å². The van der Waals surface area contributed by atoms with Crippen molar-refractivity contribution in [2.75, 3.05) is 32.8 Å². The van der Waals surface area contributed by atoms with E-state index in [2.05, 4.69) is 9.47 Å². The molecule has 1 aliphatic heterocycles. The van der Waals surface area contributed by atoms with Crippen LogP contribution >= 0.6 is 0 Å². The first-order valence-corrected chi connectivity index (χ1v) is 10.4. The second kappa shape index (κ2) is 7.94. The number of phenols is 1. The molecule has 0 radical (unpaired) electrons. The zero-order chi connectivity index (χ0) is 20.5. The van der Waals surface area contributed by atoms with Crippen LogP contribution in [0.3, 0.4) is 0 Å². The molecule has 30 heavy (non-hydrogen) atoms. The minimum atomic E-state index is -0.0663. The van der Waals surface area contributed by atoms with Gasteiger partial charge in [0.05, 0.1) is 29.7 Å². The molecule has 3 aromatic carbocycles. The van der Waals surface area contributed by atoms with Gasteiger partial charge >= 0.3 is 0 Å². The average molecular weight is 400 g/mol. The molecule has 1 aliphatic rings. The van der Waals surface area contributed by atoms with Crippen molar-refractivity contribution in [3.63, 3.8) is 0 Å². The number of benzene rings is 3. The van der Waals surface area contributed by atoms with Crippen molar-refractivity contribution in [3.05, 3.63) is 78.0 Å². The summed E-state index contributed by atoms with van der Waals surface area (Å²) in [6, 6.07) is 19.1. The van der Waals surface area contributed by atoms with E-state index in [1.807, 2.05) is 60.8 Å². The first-order chi connectivity index (χ1) is 14.7. The molecule has 1 saturated heterocycles. The van der Waals surface area contributed by atoms with Crippen LogP contribution in [-0.4, -0.2) is 53.2 Å². The van der Waals surface area contributed by atoms with Crippen LogP contribution in [0.5, 0.6) is 5.75 Å². The number of carbonyl (C=O) groups excluding carboxylic acids is 1.